The van der Waals surface area contributed by atoms with Gasteiger partial charge in [0.05, 0.1) is 27.8 Å². The molecule has 3 rings (SSSR count). The van der Waals surface area contributed by atoms with Gasteiger partial charge in [0.15, 0.2) is 0 Å². The summed E-state index contributed by atoms with van der Waals surface area (Å²) in [5.74, 6) is -0.205. The minimum atomic E-state index is -0.205. The van der Waals surface area contributed by atoms with Gasteiger partial charge in [-0.3, -0.25) is 4.79 Å². The number of anilines is 1. The number of amides is 1. The van der Waals surface area contributed by atoms with Gasteiger partial charge >= 0.3 is 0 Å². The maximum absolute atomic E-state index is 12.3. The molecule has 6 heteroatoms. The van der Waals surface area contributed by atoms with E-state index in [0.717, 1.165) is 27.8 Å². The minimum absolute atomic E-state index is 0.205. The van der Waals surface area contributed by atoms with Crippen LogP contribution in [-0.2, 0) is 0 Å². The molecule has 0 radical (unpaired) electrons. The lowest BCUT2D eigenvalue weighted by atomic mass is 10.2. The predicted octanol–water partition coefficient (Wildman–Crippen LogP) is 3.81. The highest BCUT2D eigenvalue weighted by Gasteiger charge is 2.17. The number of benzene rings is 1. The van der Waals surface area contributed by atoms with Gasteiger partial charge in [0, 0.05) is 5.38 Å². The summed E-state index contributed by atoms with van der Waals surface area (Å²) in [7, 11) is 0. The number of hydrogen-bond donors (Lipinski definition) is 1. The largest absolute Gasteiger partial charge is 0.317 e. The normalized spacial score (nSPS) is 10.8. The van der Waals surface area contributed by atoms with Crippen LogP contribution in [0.2, 0.25) is 0 Å². The van der Waals surface area contributed by atoms with Gasteiger partial charge in [-0.15, -0.1) is 11.3 Å². The fraction of sp³-hybridized carbons (Fsp3) is 0.235. The molecule has 0 spiro atoms. The van der Waals surface area contributed by atoms with Crippen LogP contribution in [0.4, 0.5) is 5.69 Å². The third-order valence-corrected chi connectivity index (χ3v) is 4.43. The van der Waals surface area contributed by atoms with Gasteiger partial charge in [-0.25, -0.2) is 9.67 Å². The lowest BCUT2D eigenvalue weighted by molar-refractivity contribution is 0.102. The molecule has 5 nitrogen and oxygen atoms in total. The van der Waals surface area contributed by atoms with Crippen LogP contribution in [0.15, 0.2) is 29.6 Å². The molecule has 1 aromatic carbocycles. The van der Waals surface area contributed by atoms with Gasteiger partial charge in [-0.2, -0.15) is 5.10 Å². The van der Waals surface area contributed by atoms with Gasteiger partial charge in [-0.05, 0) is 39.8 Å². The molecule has 0 unspecified atom stereocenters. The second-order valence-electron chi connectivity index (χ2n) is 5.50. The average molecular weight is 326 g/mol. The number of nitrogens with one attached hydrogen (secondary N) is 1. The van der Waals surface area contributed by atoms with Gasteiger partial charge in [-0.1, -0.05) is 17.7 Å². The third kappa shape index (κ3) is 3.03. The van der Waals surface area contributed by atoms with E-state index in [4.69, 9.17) is 0 Å². The summed E-state index contributed by atoms with van der Waals surface area (Å²) in [5, 5.41) is 10.1. The van der Waals surface area contributed by atoms with Crippen LogP contribution < -0.4 is 5.32 Å². The van der Waals surface area contributed by atoms with E-state index in [1.54, 1.807) is 5.38 Å². The first-order chi connectivity index (χ1) is 11.0. The van der Waals surface area contributed by atoms with Crippen LogP contribution in [0.25, 0.3) is 5.69 Å². The first kappa shape index (κ1) is 15.4. The van der Waals surface area contributed by atoms with Crippen molar-refractivity contribution < 1.29 is 4.79 Å². The molecule has 0 bridgehead atoms. The second-order valence-corrected chi connectivity index (χ2v) is 6.56. The first-order valence-electron chi connectivity index (χ1n) is 7.32. The van der Waals surface area contributed by atoms with Gasteiger partial charge < -0.3 is 5.32 Å². The molecule has 23 heavy (non-hydrogen) atoms. The van der Waals surface area contributed by atoms with Crippen LogP contribution in [0.1, 0.15) is 32.4 Å². The van der Waals surface area contributed by atoms with Crippen LogP contribution in [0.3, 0.4) is 0 Å². The molecular formula is C17H18N4OS. The van der Waals surface area contributed by atoms with Crippen molar-refractivity contribution in [3.63, 3.8) is 0 Å². The van der Waals surface area contributed by atoms with Crippen molar-refractivity contribution in [1.82, 2.24) is 14.8 Å². The molecule has 0 saturated heterocycles. The molecule has 1 amide bonds. The highest BCUT2D eigenvalue weighted by molar-refractivity contribution is 7.09. The third-order valence-electron chi connectivity index (χ3n) is 3.66. The van der Waals surface area contributed by atoms with Crippen molar-refractivity contribution in [2.75, 3.05) is 5.32 Å². The number of hydrogen-bond acceptors (Lipinski definition) is 4. The fourth-order valence-electron chi connectivity index (χ4n) is 2.41. The van der Waals surface area contributed by atoms with Crippen molar-refractivity contribution in [1.29, 1.82) is 0 Å². The molecule has 1 N–H and O–H groups in total. The summed E-state index contributed by atoms with van der Waals surface area (Å²) < 4.78 is 1.84. The second kappa shape index (κ2) is 5.96. The summed E-state index contributed by atoms with van der Waals surface area (Å²) in [6.45, 7) is 7.77. The molecule has 118 valence electrons. The lowest BCUT2D eigenvalue weighted by Gasteiger charge is -2.06. The van der Waals surface area contributed by atoms with Crippen molar-refractivity contribution in [2.24, 2.45) is 0 Å². The fourth-order valence-corrected chi connectivity index (χ4v) is 3.00. The standard InChI is InChI=1S/C17H18N4OS/c1-10-5-7-14(8-6-10)21-12(3)16(11(2)20-21)19-17(22)15-9-23-13(4)18-15/h5-9H,1-4H3,(H,19,22). The minimum Gasteiger partial charge on any atom is -0.317 e. The summed E-state index contributed by atoms with van der Waals surface area (Å²) in [6.07, 6.45) is 0. The highest BCUT2D eigenvalue weighted by atomic mass is 32.1. The number of nitrogens with zero attached hydrogens (tertiary/aromatic N) is 3. The molecule has 0 fully saturated rings. The van der Waals surface area contributed by atoms with Crippen molar-refractivity contribution in [3.8, 4) is 5.69 Å². The number of carbonyl (C=O) groups excluding carboxylic acids is 1. The Morgan fingerprint density at radius 2 is 1.83 bits per heavy atom. The summed E-state index contributed by atoms with van der Waals surface area (Å²) >= 11 is 1.46. The molecule has 0 aliphatic rings. The maximum atomic E-state index is 12.3. The van der Waals surface area contributed by atoms with Crippen molar-refractivity contribution >= 4 is 22.9 Å². The molecule has 0 saturated carbocycles. The molecule has 0 aliphatic heterocycles. The topological polar surface area (TPSA) is 59.8 Å². The van der Waals surface area contributed by atoms with E-state index < -0.39 is 0 Å². The van der Waals surface area contributed by atoms with E-state index in [0.29, 0.717) is 5.69 Å². The van der Waals surface area contributed by atoms with E-state index in [1.807, 2.05) is 56.6 Å². The zero-order chi connectivity index (χ0) is 16.6. The Balaban J connectivity index is 1.92. The Morgan fingerprint density at radius 3 is 2.43 bits per heavy atom. The summed E-state index contributed by atoms with van der Waals surface area (Å²) in [6, 6.07) is 8.12. The van der Waals surface area contributed by atoms with E-state index in [2.05, 4.69) is 15.4 Å². The maximum Gasteiger partial charge on any atom is 0.275 e. The monoisotopic (exact) mass is 326 g/mol. The van der Waals surface area contributed by atoms with Gasteiger partial charge in [0.2, 0.25) is 0 Å². The molecule has 2 aromatic heterocycles. The van der Waals surface area contributed by atoms with Gasteiger partial charge in [0.25, 0.3) is 5.91 Å². The van der Waals surface area contributed by atoms with E-state index in [1.165, 1.54) is 16.9 Å². The van der Waals surface area contributed by atoms with Crippen molar-refractivity contribution in [2.45, 2.75) is 27.7 Å². The SMILES string of the molecule is Cc1ccc(-n2nc(C)c(NC(=O)c3csc(C)n3)c2C)cc1. The Morgan fingerprint density at radius 1 is 1.13 bits per heavy atom. The average Bonchev–Trinajstić information content (AvgIpc) is 3.07. The van der Waals surface area contributed by atoms with Crippen LogP contribution in [0.5, 0.6) is 0 Å². The number of thiazole rings is 1. The van der Waals surface area contributed by atoms with Crippen molar-refractivity contribution in [3.05, 3.63) is 57.3 Å². The number of carbonyl (C=O) groups is 1. The molecule has 2 heterocycles. The van der Waals surface area contributed by atoms with Gasteiger partial charge in [0.1, 0.15) is 5.69 Å². The summed E-state index contributed by atoms with van der Waals surface area (Å²) in [5.41, 5.74) is 5.02. The quantitative estimate of drug-likeness (QED) is 0.796. The molecular weight excluding hydrogens is 308 g/mol. The lowest BCUT2D eigenvalue weighted by Crippen LogP contribution is -2.13. The molecule has 0 atom stereocenters. The van der Waals surface area contributed by atoms with E-state index in [9.17, 15) is 4.79 Å². The Kier molecular flexibility index (Phi) is 4.00. The predicted molar refractivity (Wildman–Crippen MR) is 92.6 cm³/mol. The highest BCUT2D eigenvalue weighted by Crippen LogP contribution is 2.24. The van der Waals surface area contributed by atoms with Crippen LogP contribution >= 0.6 is 11.3 Å². The zero-order valence-corrected chi connectivity index (χ0v) is 14.4. The number of aromatic nitrogens is 3. The van der Waals surface area contributed by atoms with E-state index >= 15 is 0 Å². The van der Waals surface area contributed by atoms with Crippen LogP contribution in [-0.4, -0.2) is 20.7 Å². The Bertz CT molecular complexity index is 861. The smallest absolute Gasteiger partial charge is 0.275 e. The first-order valence-corrected chi connectivity index (χ1v) is 8.20. The van der Waals surface area contributed by atoms with Crippen LogP contribution in [0, 0.1) is 27.7 Å². The van der Waals surface area contributed by atoms with E-state index in [-0.39, 0.29) is 5.91 Å². The molecule has 3 aromatic rings. The number of rotatable bonds is 3. The molecule has 0 aliphatic carbocycles. The zero-order valence-electron chi connectivity index (χ0n) is 13.5. The summed E-state index contributed by atoms with van der Waals surface area (Å²) in [4.78, 5) is 16.5. The Labute approximate surface area is 139 Å². The Hall–Kier alpha value is -2.47. The number of aryl methyl sites for hydroxylation is 3.